The SMILES string of the molecule is OC(CC(CC=CC1CCCCC1)CC(F)=C(F)F)(C(F)(F)F)C(F)(F)F. The van der Waals surface area contributed by atoms with Gasteiger partial charge in [-0.05, 0) is 37.5 Å². The van der Waals surface area contributed by atoms with Gasteiger partial charge in [0.25, 0.3) is 5.60 Å². The molecule has 1 unspecified atom stereocenters. The maximum absolute atomic E-state index is 13.2. The summed E-state index contributed by atoms with van der Waals surface area (Å²) in [6.45, 7) is 0. The van der Waals surface area contributed by atoms with E-state index in [0.717, 1.165) is 32.1 Å². The van der Waals surface area contributed by atoms with Gasteiger partial charge in [-0.2, -0.15) is 35.1 Å². The van der Waals surface area contributed by atoms with Crippen molar-refractivity contribution in [3.63, 3.8) is 0 Å². The largest absolute Gasteiger partial charge is 0.426 e. The normalized spacial score (nSPS) is 18.7. The van der Waals surface area contributed by atoms with Crippen molar-refractivity contribution in [2.75, 3.05) is 0 Å². The molecule has 0 aromatic rings. The zero-order valence-corrected chi connectivity index (χ0v) is 14.3. The van der Waals surface area contributed by atoms with Crippen molar-refractivity contribution in [3.05, 3.63) is 24.1 Å². The molecule has 0 aliphatic heterocycles. The van der Waals surface area contributed by atoms with Crippen LogP contribution in [-0.2, 0) is 0 Å². The first kappa shape index (κ1) is 23.8. The second-order valence-electron chi connectivity index (χ2n) is 6.86. The van der Waals surface area contributed by atoms with Gasteiger partial charge in [-0.1, -0.05) is 31.4 Å². The van der Waals surface area contributed by atoms with Crippen LogP contribution in [0.3, 0.4) is 0 Å². The van der Waals surface area contributed by atoms with Gasteiger partial charge in [-0.3, -0.25) is 0 Å². The zero-order chi connectivity index (χ0) is 20.9. The van der Waals surface area contributed by atoms with E-state index >= 15 is 0 Å². The van der Waals surface area contributed by atoms with Crippen molar-refractivity contribution in [2.24, 2.45) is 11.8 Å². The van der Waals surface area contributed by atoms with E-state index in [4.69, 9.17) is 0 Å². The van der Waals surface area contributed by atoms with Crippen LogP contribution in [0.2, 0.25) is 0 Å². The fraction of sp³-hybridized carbons (Fsp3) is 0.765. The van der Waals surface area contributed by atoms with E-state index in [1.807, 2.05) is 0 Å². The van der Waals surface area contributed by atoms with Crippen molar-refractivity contribution in [1.29, 1.82) is 0 Å². The lowest BCUT2D eigenvalue weighted by Gasteiger charge is -2.34. The summed E-state index contributed by atoms with van der Waals surface area (Å²) in [5, 5.41) is 9.25. The molecule has 27 heavy (non-hydrogen) atoms. The second kappa shape index (κ2) is 9.34. The van der Waals surface area contributed by atoms with Crippen molar-refractivity contribution in [2.45, 2.75) is 69.3 Å². The first-order valence-corrected chi connectivity index (χ1v) is 8.50. The van der Waals surface area contributed by atoms with Crippen LogP contribution in [0.15, 0.2) is 24.1 Å². The average molecular weight is 412 g/mol. The quantitative estimate of drug-likeness (QED) is 0.358. The van der Waals surface area contributed by atoms with Gasteiger partial charge >= 0.3 is 18.4 Å². The standard InChI is InChI=1S/C17H21F9O/c18-13(14(19)20)9-12(8-4-7-11-5-2-1-3-6-11)10-15(27,16(21,22)23)17(24,25)26/h4,7,11-12,27H,1-3,5-6,8-10H2. The van der Waals surface area contributed by atoms with Crippen molar-refractivity contribution in [1.82, 2.24) is 0 Å². The van der Waals surface area contributed by atoms with Crippen LogP contribution in [0.4, 0.5) is 39.5 Å². The highest BCUT2D eigenvalue weighted by molar-refractivity contribution is 5.02. The van der Waals surface area contributed by atoms with Crippen LogP contribution < -0.4 is 0 Å². The van der Waals surface area contributed by atoms with Gasteiger partial charge in [-0.15, -0.1) is 0 Å². The number of hydrogen-bond donors (Lipinski definition) is 1. The Morgan fingerprint density at radius 1 is 0.926 bits per heavy atom. The summed E-state index contributed by atoms with van der Waals surface area (Å²) in [7, 11) is 0. The van der Waals surface area contributed by atoms with Crippen LogP contribution in [0.1, 0.15) is 51.4 Å². The molecule has 0 amide bonds. The predicted molar refractivity (Wildman–Crippen MR) is 80.5 cm³/mol. The number of allylic oxidation sites excluding steroid dienone is 3. The van der Waals surface area contributed by atoms with Crippen molar-refractivity contribution >= 4 is 0 Å². The number of alkyl halides is 6. The van der Waals surface area contributed by atoms with E-state index in [1.165, 1.54) is 6.08 Å². The lowest BCUT2D eigenvalue weighted by molar-refractivity contribution is -0.372. The third-order valence-electron chi connectivity index (χ3n) is 4.72. The van der Waals surface area contributed by atoms with E-state index < -0.39 is 55.0 Å². The van der Waals surface area contributed by atoms with Crippen molar-refractivity contribution in [3.8, 4) is 0 Å². The van der Waals surface area contributed by atoms with Crippen LogP contribution in [0.25, 0.3) is 0 Å². The fourth-order valence-corrected chi connectivity index (χ4v) is 3.17. The number of rotatable bonds is 7. The maximum atomic E-state index is 13.2. The fourth-order valence-electron chi connectivity index (χ4n) is 3.17. The number of hydrogen-bond acceptors (Lipinski definition) is 1. The molecule has 1 rings (SSSR count). The zero-order valence-electron chi connectivity index (χ0n) is 14.3. The summed E-state index contributed by atoms with van der Waals surface area (Å²) in [6, 6.07) is 0. The molecule has 10 heteroatoms. The van der Waals surface area contributed by atoms with Gasteiger partial charge in [0.2, 0.25) is 0 Å². The molecule has 1 aliphatic rings. The molecule has 1 aliphatic carbocycles. The highest BCUT2D eigenvalue weighted by Crippen LogP contribution is 2.48. The summed E-state index contributed by atoms with van der Waals surface area (Å²) in [6.07, 6.45) is -11.3. The Morgan fingerprint density at radius 2 is 1.44 bits per heavy atom. The van der Waals surface area contributed by atoms with Gasteiger partial charge < -0.3 is 5.11 Å². The number of halogens is 9. The Kier molecular flexibility index (Phi) is 8.25. The Balaban J connectivity index is 2.98. The van der Waals surface area contributed by atoms with E-state index in [0.29, 0.717) is 0 Å². The molecule has 1 atom stereocenters. The Hall–Kier alpha value is -1.19. The third-order valence-corrected chi connectivity index (χ3v) is 4.72. The monoisotopic (exact) mass is 412 g/mol. The third kappa shape index (κ3) is 6.73. The van der Waals surface area contributed by atoms with Crippen LogP contribution in [0, 0.1) is 11.8 Å². The van der Waals surface area contributed by atoms with Crippen LogP contribution >= 0.6 is 0 Å². The topological polar surface area (TPSA) is 20.2 Å². The van der Waals surface area contributed by atoms with Gasteiger partial charge in [0.05, 0.1) is 0 Å². The molecule has 0 bridgehead atoms. The Bertz CT molecular complexity index is 510. The first-order chi connectivity index (χ1) is 12.3. The smallest absolute Gasteiger partial charge is 0.374 e. The second-order valence-corrected chi connectivity index (χ2v) is 6.86. The lowest BCUT2D eigenvalue weighted by atomic mass is 9.84. The minimum Gasteiger partial charge on any atom is -0.374 e. The first-order valence-electron chi connectivity index (χ1n) is 8.50. The predicted octanol–water partition coefficient (Wildman–Crippen LogP) is 6.84. The molecule has 1 saturated carbocycles. The molecule has 0 aromatic carbocycles. The van der Waals surface area contributed by atoms with Gasteiger partial charge in [-0.25, -0.2) is 4.39 Å². The molecule has 1 N–H and O–H groups in total. The molecule has 1 nitrogen and oxygen atoms in total. The van der Waals surface area contributed by atoms with Crippen LogP contribution in [-0.4, -0.2) is 23.1 Å². The average Bonchev–Trinajstić information content (AvgIpc) is 2.53. The van der Waals surface area contributed by atoms with E-state index in [9.17, 15) is 44.6 Å². The summed E-state index contributed by atoms with van der Waals surface area (Å²) >= 11 is 0. The van der Waals surface area contributed by atoms with E-state index in [2.05, 4.69) is 0 Å². The molecule has 0 spiro atoms. The molecular formula is C17H21F9O. The minimum absolute atomic E-state index is 0.0989. The van der Waals surface area contributed by atoms with Crippen molar-refractivity contribution < 1.29 is 44.6 Å². The molecule has 0 saturated heterocycles. The highest BCUT2D eigenvalue weighted by atomic mass is 19.4. The highest BCUT2D eigenvalue weighted by Gasteiger charge is 2.70. The Labute approximate surface area is 150 Å². The van der Waals surface area contributed by atoms with E-state index in [1.54, 1.807) is 6.08 Å². The Morgan fingerprint density at radius 3 is 1.89 bits per heavy atom. The minimum atomic E-state index is -6.08. The molecule has 0 aromatic heterocycles. The number of aliphatic hydroxyl groups is 1. The summed E-state index contributed by atoms with van der Waals surface area (Å²) < 4.78 is 115. The molecule has 0 radical (unpaired) electrons. The van der Waals surface area contributed by atoms with Gasteiger partial charge in [0, 0.05) is 6.42 Å². The summed E-state index contributed by atoms with van der Waals surface area (Å²) in [5.74, 6) is -3.79. The maximum Gasteiger partial charge on any atom is 0.426 e. The molecule has 0 heterocycles. The summed E-state index contributed by atoms with van der Waals surface area (Å²) in [5.41, 5.74) is -5.10. The molecular weight excluding hydrogens is 391 g/mol. The summed E-state index contributed by atoms with van der Waals surface area (Å²) in [4.78, 5) is 0. The molecule has 158 valence electrons. The lowest BCUT2D eigenvalue weighted by Crippen LogP contribution is -2.57. The van der Waals surface area contributed by atoms with Gasteiger partial charge in [0.1, 0.15) is 0 Å². The molecule has 1 fully saturated rings. The van der Waals surface area contributed by atoms with E-state index in [-0.39, 0.29) is 5.92 Å². The van der Waals surface area contributed by atoms with Gasteiger partial charge in [0.15, 0.2) is 5.83 Å². The van der Waals surface area contributed by atoms with Crippen LogP contribution in [0.5, 0.6) is 0 Å².